The first-order valence-corrected chi connectivity index (χ1v) is 10.4. The van der Waals surface area contributed by atoms with E-state index in [1.165, 1.54) is 6.42 Å². The van der Waals surface area contributed by atoms with Crippen LogP contribution >= 0.6 is 0 Å². The minimum absolute atomic E-state index is 0.168. The molecular formula is C20H34N2O5. The fraction of sp³-hybridized carbons (Fsp3) is 0.850. The molecule has 1 aliphatic carbocycles. The highest BCUT2D eigenvalue weighted by atomic mass is 16.4. The van der Waals surface area contributed by atoms with Gasteiger partial charge in [0, 0.05) is 13.0 Å². The summed E-state index contributed by atoms with van der Waals surface area (Å²) in [5, 5.41) is 21.6. The number of nitrogens with zero attached hydrogens (tertiary/aromatic N) is 1. The molecule has 0 aromatic carbocycles. The topological polar surface area (TPSA) is 107 Å². The van der Waals surface area contributed by atoms with E-state index in [2.05, 4.69) is 5.32 Å². The van der Waals surface area contributed by atoms with Gasteiger partial charge in [-0.3, -0.25) is 14.9 Å². The number of hydrogen-bond donors (Lipinski definition) is 3. The number of aliphatic hydroxyl groups excluding tert-OH is 1. The van der Waals surface area contributed by atoms with Gasteiger partial charge in [0.25, 0.3) is 5.91 Å². The molecule has 0 aromatic heterocycles. The lowest BCUT2D eigenvalue weighted by Gasteiger charge is -2.34. The van der Waals surface area contributed by atoms with Gasteiger partial charge in [-0.1, -0.05) is 38.5 Å². The summed E-state index contributed by atoms with van der Waals surface area (Å²) in [5.41, 5.74) is -0.879. The summed E-state index contributed by atoms with van der Waals surface area (Å²) in [5.74, 6) is -0.753. The minimum Gasteiger partial charge on any atom is -0.481 e. The molecule has 3 amide bonds. The Morgan fingerprint density at radius 2 is 1.85 bits per heavy atom. The Bertz CT molecular complexity index is 532. The molecule has 1 saturated heterocycles. The molecule has 1 aliphatic heterocycles. The van der Waals surface area contributed by atoms with Gasteiger partial charge in [-0.15, -0.1) is 0 Å². The molecule has 7 heteroatoms. The number of carbonyl (C=O) groups excluding carboxylic acids is 2. The number of carboxylic acid groups (broad SMARTS) is 1. The summed E-state index contributed by atoms with van der Waals surface area (Å²) in [6.45, 7) is 2.17. The Morgan fingerprint density at radius 3 is 2.52 bits per heavy atom. The van der Waals surface area contributed by atoms with Crippen LogP contribution in [-0.2, 0) is 9.59 Å². The fourth-order valence-electron chi connectivity index (χ4n) is 4.36. The van der Waals surface area contributed by atoms with Gasteiger partial charge in [0.1, 0.15) is 5.54 Å². The molecule has 1 saturated carbocycles. The number of amides is 3. The maximum absolute atomic E-state index is 12.4. The van der Waals surface area contributed by atoms with Crippen LogP contribution in [0.4, 0.5) is 4.79 Å². The number of urea groups is 1. The third-order valence-electron chi connectivity index (χ3n) is 6.20. The first kappa shape index (κ1) is 21.7. The number of hydrogen-bond acceptors (Lipinski definition) is 4. The Labute approximate surface area is 161 Å². The molecule has 2 rings (SSSR count). The second kappa shape index (κ2) is 10.1. The zero-order valence-corrected chi connectivity index (χ0v) is 16.4. The first-order chi connectivity index (χ1) is 12.8. The van der Waals surface area contributed by atoms with Crippen molar-refractivity contribution in [1.82, 2.24) is 10.2 Å². The van der Waals surface area contributed by atoms with Crippen molar-refractivity contribution in [3.05, 3.63) is 0 Å². The Kier molecular flexibility index (Phi) is 8.07. The Morgan fingerprint density at radius 1 is 1.19 bits per heavy atom. The highest BCUT2D eigenvalue weighted by molar-refractivity contribution is 6.06. The second-order valence-corrected chi connectivity index (χ2v) is 8.25. The second-order valence-electron chi connectivity index (χ2n) is 8.25. The average Bonchev–Trinajstić information content (AvgIpc) is 2.85. The van der Waals surface area contributed by atoms with Gasteiger partial charge in [-0.05, 0) is 44.9 Å². The number of aliphatic hydroxyl groups is 1. The van der Waals surface area contributed by atoms with E-state index in [1.807, 2.05) is 0 Å². The fourth-order valence-corrected chi connectivity index (χ4v) is 4.36. The maximum atomic E-state index is 12.4. The highest BCUT2D eigenvalue weighted by Crippen LogP contribution is 2.31. The lowest BCUT2D eigenvalue weighted by Crippen LogP contribution is -2.48. The molecule has 1 heterocycles. The van der Waals surface area contributed by atoms with E-state index in [9.17, 15) is 19.5 Å². The van der Waals surface area contributed by atoms with Gasteiger partial charge in [0.15, 0.2) is 0 Å². The summed E-state index contributed by atoms with van der Waals surface area (Å²) in [6.07, 6.45) is 9.46. The molecule has 154 valence electrons. The molecule has 0 aromatic rings. The van der Waals surface area contributed by atoms with Crippen molar-refractivity contribution >= 4 is 17.9 Å². The molecule has 2 unspecified atom stereocenters. The van der Waals surface area contributed by atoms with Crippen molar-refractivity contribution in [2.24, 2.45) is 5.92 Å². The van der Waals surface area contributed by atoms with Crippen molar-refractivity contribution in [2.45, 2.75) is 95.6 Å². The lowest BCUT2D eigenvalue weighted by atomic mass is 9.84. The van der Waals surface area contributed by atoms with Crippen molar-refractivity contribution in [1.29, 1.82) is 0 Å². The molecule has 0 radical (unpaired) electrons. The highest BCUT2D eigenvalue weighted by Gasteiger charge is 2.48. The van der Waals surface area contributed by atoms with Crippen LogP contribution in [0.1, 0.15) is 84.0 Å². The molecule has 27 heavy (non-hydrogen) atoms. The molecule has 2 fully saturated rings. The predicted molar refractivity (Wildman–Crippen MR) is 101 cm³/mol. The van der Waals surface area contributed by atoms with Crippen molar-refractivity contribution in [3.63, 3.8) is 0 Å². The molecule has 3 N–H and O–H groups in total. The Hall–Kier alpha value is -1.63. The first-order valence-electron chi connectivity index (χ1n) is 10.4. The van der Waals surface area contributed by atoms with Gasteiger partial charge in [0.05, 0.1) is 6.10 Å². The SMILES string of the molecule is CC1(CCCCCCC(=O)O)C(=O)NC(=O)N1CCC(O)C1CCCCC1. The van der Waals surface area contributed by atoms with Crippen LogP contribution in [-0.4, -0.2) is 51.2 Å². The average molecular weight is 383 g/mol. The van der Waals surface area contributed by atoms with E-state index in [4.69, 9.17) is 5.11 Å². The monoisotopic (exact) mass is 382 g/mol. The number of rotatable bonds is 11. The molecule has 0 spiro atoms. The largest absolute Gasteiger partial charge is 0.481 e. The van der Waals surface area contributed by atoms with Crippen molar-refractivity contribution in [3.8, 4) is 0 Å². The van der Waals surface area contributed by atoms with Gasteiger partial charge in [-0.2, -0.15) is 0 Å². The Balaban J connectivity index is 1.82. The van der Waals surface area contributed by atoms with E-state index >= 15 is 0 Å². The predicted octanol–water partition coefficient (Wildman–Crippen LogP) is 3.05. The van der Waals surface area contributed by atoms with Crippen LogP contribution in [0.3, 0.4) is 0 Å². The number of imide groups is 1. The summed E-state index contributed by atoms with van der Waals surface area (Å²) >= 11 is 0. The van der Waals surface area contributed by atoms with Crippen LogP contribution in [0.2, 0.25) is 0 Å². The number of aliphatic carboxylic acids is 1. The summed E-state index contributed by atoms with van der Waals surface area (Å²) in [6, 6.07) is -0.371. The zero-order valence-electron chi connectivity index (χ0n) is 16.4. The van der Waals surface area contributed by atoms with Gasteiger partial charge >= 0.3 is 12.0 Å². The number of nitrogens with one attached hydrogen (secondary N) is 1. The van der Waals surface area contributed by atoms with E-state index in [0.717, 1.165) is 44.9 Å². The number of unbranched alkanes of at least 4 members (excludes halogenated alkanes) is 3. The molecule has 7 nitrogen and oxygen atoms in total. The van der Waals surface area contributed by atoms with E-state index in [0.29, 0.717) is 31.7 Å². The summed E-state index contributed by atoms with van der Waals surface area (Å²) in [4.78, 5) is 36.7. The van der Waals surface area contributed by atoms with E-state index in [1.54, 1.807) is 11.8 Å². The third-order valence-corrected chi connectivity index (χ3v) is 6.20. The van der Waals surface area contributed by atoms with Crippen LogP contribution in [0.25, 0.3) is 0 Å². The quantitative estimate of drug-likeness (QED) is 0.376. The molecule has 2 aliphatic rings. The zero-order chi connectivity index (χ0) is 19.9. The third kappa shape index (κ3) is 5.92. The number of carboxylic acids is 1. The summed E-state index contributed by atoms with van der Waals surface area (Å²) in [7, 11) is 0. The number of carbonyl (C=O) groups is 3. The van der Waals surface area contributed by atoms with Crippen molar-refractivity contribution in [2.75, 3.05) is 6.54 Å². The lowest BCUT2D eigenvalue weighted by molar-refractivity contribution is -0.137. The molecular weight excluding hydrogens is 348 g/mol. The van der Waals surface area contributed by atoms with Crippen LogP contribution in [0, 0.1) is 5.92 Å². The van der Waals surface area contributed by atoms with Crippen LogP contribution < -0.4 is 5.32 Å². The molecule has 2 atom stereocenters. The normalized spacial score (nSPS) is 24.9. The maximum Gasteiger partial charge on any atom is 0.325 e. The smallest absolute Gasteiger partial charge is 0.325 e. The minimum atomic E-state index is -0.879. The summed E-state index contributed by atoms with van der Waals surface area (Å²) < 4.78 is 0. The standard InChI is InChI=1S/C20H34N2O5/c1-20(13-8-3-2-7-11-17(24)25)18(26)21-19(27)22(20)14-12-16(23)15-9-5-4-6-10-15/h15-16,23H,2-14H2,1H3,(H,24,25)(H,21,26,27). The molecule has 0 bridgehead atoms. The van der Waals surface area contributed by atoms with Crippen molar-refractivity contribution < 1.29 is 24.6 Å². The van der Waals surface area contributed by atoms with E-state index in [-0.39, 0.29) is 18.4 Å². The van der Waals surface area contributed by atoms with Crippen LogP contribution in [0.5, 0.6) is 0 Å². The van der Waals surface area contributed by atoms with Gasteiger partial charge in [-0.25, -0.2) is 4.79 Å². The van der Waals surface area contributed by atoms with Crippen LogP contribution in [0.15, 0.2) is 0 Å². The van der Waals surface area contributed by atoms with Gasteiger partial charge < -0.3 is 15.1 Å². The van der Waals surface area contributed by atoms with Gasteiger partial charge in [0.2, 0.25) is 0 Å². The van der Waals surface area contributed by atoms with E-state index < -0.39 is 17.6 Å².